The number of carbonyl (C=O) groups excluding carboxylic acids is 1. The first-order valence-corrected chi connectivity index (χ1v) is 6.74. The maximum absolute atomic E-state index is 12.1. The van der Waals surface area contributed by atoms with Gasteiger partial charge in [-0.3, -0.25) is 4.79 Å². The molecular formula is C13H24N2O. The van der Waals surface area contributed by atoms with Gasteiger partial charge in [0.1, 0.15) is 0 Å². The van der Waals surface area contributed by atoms with Crippen molar-refractivity contribution in [3.63, 3.8) is 0 Å². The first-order valence-electron chi connectivity index (χ1n) is 6.74. The van der Waals surface area contributed by atoms with Crippen molar-refractivity contribution in [1.82, 2.24) is 4.90 Å². The van der Waals surface area contributed by atoms with Crippen molar-refractivity contribution in [2.24, 2.45) is 17.6 Å². The average molecular weight is 224 g/mol. The molecule has 0 bridgehead atoms. The molecule has 1 atom stereocenters. The fourth-order valence-corrected chi connectivity index (χ4v) is 2.22. The minimum Gasteiger partial charge on any atom is -0.342 e. The van der Waals surface area contributed by atoms with Crippen LogP contribution in [0.3, 0.4) is 0 Å². The van der Waals surface area contributed by atoms with Crippen LogP contribution in [0, 0.1) is 11.8 Å². The van der Waals surface area contributed by atoms with Crippen LogP contribution in [0.4, 0.5) is 0 Å². The Hall–Kier alpha value is -0.570. The van der Waals surface area contributed by atoms with Crippen molar-refractivity contribution in [1.29, 1.82) is 0 Å². The molecule has 0 radical (unpaired) electrons. The topological polar surface area (TPSA) is 46.3 Å². The molecule has 0 unspecified atom stereocenters. The van der Waals surface area contributed by atoms with Crippen LogP contribution >= 0.6 is 0 Å². The third kappa shape index (κ3) is 3.48. The summed E-state index contributed by atoms with van der Waals surface area (Å²) in [7, 11) is 0. The van der Waals surface area contributed by atoms with Gasteiger partial charge >= 0.3 is 0 Å². The van der Waals surface area contributed by atoms with Gasteiger partial charge in [0.25, 0.3) is 0 Å². The predicted octanol–water partition coefficient (Wildman–Crippen LogP) is 1.76. The summed E-state index contributed by atoms with van der Waals surface area (Å²) in [5, 5.41) is 0. The molecule has 0 aliphatic heterocycles. The fourth-order valence-electron chi connectivity index (χ4n) is 2.22. The van der Waals surface area contributed by atoms with Gasteiger partial charge in [0, 0.05) is 25.6 Å². The first-order chi connectivity index (χ1) is 7.70. The molecular weight excluding hydrogens is 200 g/mol. The Morgan fingerprint density at radius 2 is 2.06 bits per heavy atom. The van der Waals surface area contributed by atoms with E-state index in [-0.39, 0.29) is 11.9 Å². The van der Waals surface area contributed by atoms with E-state index in [9.17, 15) is 4.79 Å². The number of amides is 1. The van der Waals surface area contributed by atoms with Crippen LogP contribution < -0.4 is 5.73 Å². The molecule has 16 heavy (non-hydrogen) atoms. The molecule has 2 saturated carbocycles. The standard InChI is InChI=1S/C13H24N2O/c1-2-7-15(9-10-3-4-10)13(16)8-12(14)11-5-6-11/h10-12H,2-9,14H2,1H3/t12-/m0/s1. The maximum atomic E-state index is 12.1. The summed E-state index contributed by atoms with van der Waals surface area (Å²) < 4.78 is 0. The normalized spacial score (nSPS) is 21.9. The second-order valence-electron chi connectivity index (χ2n) is 5.49. The largest absolute Gasteiger partial charge is 0.342 e. The van der Waals surface area contributed by atoms with Crippen molar-refractivity contribution in [2.75, 3.05) is 13.1 Å². The van der Waals surface area contributed by atoms with Gasteiger partial charge in [0.2, 0.25) is 5.91 Å². The molecule has 2 fully saturated rings. The van der Waals surface area contributed by atoms with Crippen LogP contribution in [0.1, 0.15) is 45.4 Å². The predicted molar refractivity (Wildman–Crippen MR) is 64.9 cm³/mol. The van der Waals surface area contributed by atoms with Gasteiger partial charge in [-0.05, 0) is 43.9 Å². The second kappa shape index (κ2) is 5.17. The van der Waals surface area contributed by atoms with Gasteiger partial charge in [-0.15, -0.1) is 0 Å². The van der Waals surface area contributed by atoms with E-state index in [1.807, 2.05) is 4.90 Å². The third-order valence-electron chi connectivity index (χ3n) is 3.66. The van der Waals surface area contributed by atoms with Gasteiger partial charge < -0.3 is 10.6 Å². The van der Waals surface area contributed by atoms with Gasteiger partial charge in [-0.25, -0.2) is 0 Å². The summed E-state index contributed by atoms with van der Waals surface area (Å²) in [6.07, 6.45) is 6.69. The van der Waals surface area contributed by atoms with Crippen LogP contribution in [0.25, 0.3) is 0 Å². The van der Waals surface area contributed by atoms with Gasteiger partial charge in [-0.2, -0.15) is 0 Å². The molecule has 3 nitrogen and oxygen atoms in total. The lowest BCUT2D eigenvalue weighted by Gasteiger charge is -2.23. The van der Waals surface area contributed by atoms with Crippen LogP contribution in [-0.2, 0) is 4.79 Å². The number of carbonyl (C=O) groups is 1. The molecule has 0 saturated heterocycles. The van der Waals surface area contributed by atoms with Gasteiger partial charge in [0.05, 0.1) is 0 Å². The summed E-state index contributed by atoms with van der Waals surface area (Å²) in [6, 6.07) is 0.117. The Kier molecular flexibility index (Phi) is 3.85. The molecule has 3 heteroatoms. The number of hydrogen-bond acceptors (Lipinski definition) is 2. The van der Waals surface area contributed by atoms with Gasteiger partial charge in [0.15, 0.2) is 0 Å². The lowest BCUT2D eigenvalue weighted by atomic mass is 10.1. The molecule has 2 aliphatic rings. The molecule has 0 heterocycles. The van der Waals surface area contributed by atoms with Crippen LogP contribution in [0.2, 0.25) is 0 Å². The zero-order valence-corrected chi connectivity index (χ0v) is 10.3. The van der Waals surface area contributed by atoms with Crippen molar-refractivity contribution in [2.45, 2.75) is 51.5 Å². The lowest BCUT2D eigenvalue weighted by molar-refractivity contribution is -0.132. The zero-order chi connectivity index (χ0) is 11.5. The molecule has 2 N–H and O–H groups in total. The number of nitrogens with zero attached hydrogens (tertiary/aromatic N) is 1. The van der Waals surface area contributed by atoms with Crippen molar-refractivity contribution in [3.05, 3.63) is 0 Å². The van der Waals surface area contributed by atoms with E-state index in [0.717, 1.165) is 25.4 Å². The van der Waals surface area contributed by atoms with Gasteiger partial charge in [-0.1, -0.05) is 6.92 Å². The quantitative estimate of drug-likeness (QED) is 0.716. The van der Waals surface area contributed by atoms with E-state index in [1.54, 1.807) is 0 Å². The summed E-state index contributed by atoms with van der Waals surface area (Å²) in [5.41, 5.74) is 6.01. The van der Waals surface area contributed by atoms with Crippen LogP contribution in [-0.4, -0.2) is 29.9 Å². The second-order valence-corrected chi connectivity index (χ2v) is 5.49. The molecule has 1 amide bonds. The summed E-state index contributed by atoms with van der Waals surface area (Å²) in [6.45, 7) is 4.02. The molecule has 2 aliphatic carbocycles. The minimum absolute atomic E-state index is 0.117. The molecule has 92 valence electrons. The third-order valence-corrected chi connectivity index (χ3v) is 3.66. The lowest BCUT2D eigenvalue weighted by Crippen LogP contribution is -2.38. The Morgan fingerprint density at radius 1 is 1.38 bits per heavy atom. The SMILES string of the molecule is CCCN(CC1CC1)C(=O)C[C@H](N)C1CC1. The van der Waals surface area contributed by atoms with E-state index in [0.29, 0.717) is 12.3 Å². The summed E-state index contributed by atoms with van der Waals surface area (Å²) in [4.78, 5) is 14.1. The van der Waals surface area contributed by atoms with E-state index in [4.69, 9.17) is 5.73 Å². The number of hydrogen-bond donors (Lipinski definition) is 1. The highest BCUT2D eigenvalue weighted by molar-refractivity contribution is 5.77. The molecule has 0 aromatic carbocycles. The maximum Gasteiger partial charge on any atom is 0.224 e. The Labute approximate surface area is 98.4 Å². The van der Waals surface area contributed by atoms with E-state index in [2.05, 4.69) is 6.92 Å². The minimum atomic E-state index is 0.117. The zero-order valence-electron chi connectivity index (χ0n) is 10.3. The van der Waals surface area contributed by atoms with Crippen LogP contribution in [0.5, 0.6) is 0 Å². The van der Waals surface area contributed by atoms with E-state index in [1.165, 1.54) is 25.7 Å². The highest BCUT2D eigenvalue weighted by atomic mass is 16.2. The summed E-state index contributed by atoms with van der Waals surface area (Å²) in [5.74, 6) is 1.70. The summed E-state index contributed by atoms with van der Waals surface area (Å²) >= 11 is 0. The van der Waals surface area contributed by atoms with Crippen LogP contribution in [0.15, 0.2) is 0 Å². The number of rotatable bonds is 7. The molecule has 2 rings (SSSR count). The average Bonchev–Trinajstić information content (AvgIpc) is 3.11. The molecule has 0 aromatic rings. The number of nitrogens with two attached hydrogens (primary N) is 1. The van der Waals surface area contributed by atoms with E-state index < -0.39 is 0 Å². The molecule has 0 spiro atoms. The van der Waals surface area contributed by atoms with Crippen molar-refractivity contribution in [3.8, 4) is 0 Å². The Bertz CT molecular complexity index is 246. The van der Waals surface area contributed by atoms with Crippen molar-refractivity contribution < 1.29 is 4.79 Å². The Balaban J connectivity index is 1.77. The smallest absolute Gasteiger partial charge is 0.224 e. The highest BCUT2D eigenvalue weighted by Crippen LogP contribution is 2.33. The highest BCUT2D eigenvalue weighted by Gasteiger charge is 2.32. The fraction of sp³-hybridized carbons (Fsp3) is 0.923. The first kappa shape index (κ1) is 11.9. The van der Waals surface area contributed by atoms with Crippen molar-refractivity contribution >= 4 is 5.91 Å². The molecule has 0 aromatic heterocycles. The Morgan fingerprint density at radius 3 is 2.56 bits per heavy atom. The monoisotopic (exact) mass is 224 g/mol. The van der Waals surface area contributed by atoms with E-state index >= 15 is 0 Å².